The molecule has 0 aliphatic carbocycles. The van der Waals surface area contributed by atoms with Gasteiger partial charge in [0.15, 0.2) is 0 Å². The molecule has 110 valence electrons. The number of amides is 1. The Hall–Kier alpha value is -1.03. The molecule has 1 fully saturated rings. The summed E-state index contributed by atoms with van der Waals surface area (Å²) in [6.45, 7) is 6.53. The van der Waals surface area contributed by atoms with Crippen molar-refractivity contribution in [1.82, 2.24) is 4.90 Å². The lowest BCUT2D eigenvalue weighted by molar-refractivity contribution is -0.131. The third-order valence-corrected chi connectivity index (χ3v) is 4.35. The fourth-order valence-corrected chi connectivity index (χ4v) is 2.74. The van der Waals surface area contributed by atoms with E-state index in [-0.39, 0.29) is 11.3 Å². The Morgan fingerprint density at radius 1 is 1.35 bits per heavy atom. The van der Waals surface area contributed by atoms with Crippen LogP contribution in [0.1, 0.15) is 33.1 Å². The summed E-state index contributed by atoms with van der Waals surface area (Å²) in [4.78, 5) is 14.0. The molecule has 4 heteroatoms. The van der Waals surface area contributed by atoms with Crippen LogP contribution in [0.2, 0.25) is 0 Å². The van der Waals surface area contributed by atoms with Crippen LogP contribution in [0.15, 0.2) is 28.7 Å². The Labute approximate surface area is 129 Å². The van der Waals surface area contributed by atoms with Crippen molar-refractivity contribution < 1.29 is 9.53 Å². The van der Waals surface area contributed by atoms with Crippen molar-refractivity contribution in [3.63, 3.8) is 0 Å². The zero-order chi connectivity index (χ0) is 14.6. The summed E-state index contributed by atoms with van der Waals surface area (Å²) in [5.74, 6) is 1.09. The third-order valence-electron chi connectivity index (χ3n) is 3.85. The van der Waals surface area contributed by atoms with Crippen LogP contribution in [0.25, 0.3) is 0 Å². The number of ether oxygens (including phenoxy) is 1. The van der Waals surface area contributed by atoms with E-state index in [4.69, 9.17) is 4.74 Å². The average molecular weight is 340 g/mol. The van der Waals surface area contributed by atoms with Crippen LogP contribution in [-0.4, -0.2) is 30.5 Å². The molecule has 0 N–H and O–H groups in total. The molecule has 1 saturated heterocycles. The minimum absolute atomic E-state index is 0.258. The minimum atomic E-state index is 0.258. The van der Waals surface area contributed by atoms with Gasteiger partial charge in [-0.1, -0.05) is 35.8 Å². The Kier molecular flexibility index (Phi) is 5.08. The molecule has 0 radical (unpaired) electrons. The molecule has 0 saturated carbocycles. The molecule has 0 spiro atoms. The van der Waals surface area contributed by atoms with Gasteiger partial charge in [0.05, 0.1) is 6.54 Å². The molecular formula is C16H22BrNO2. The second kappa shape index (κ2) is 6.61. The van der Waals surface area contributed by atoms with Crippen LogP contribution in [-0.2, 0) is 4.79 Å². The fourth-order valence-electron chi connectivity index (χ4n) is 2.36. The summed E-state index contributed by atoms with van der Waals surface area (Å²) in [5.41, 5.74) is 0.273. The van der Waals surface area contributed by atoms with E-state index in [0.29, 0.717) is 19.6 Å². The van der Waals surface area contributed by atoms with Crippen LogP contribution in [0.5, 0.6) is 5.75 Å². The topological polar surface area (TPSA) is 29.5 Å². The Balaban J connectivity index is 1.82. The molecule has 3 nitrogen and oxygen atoms in total. The first-order valence-electron chi connectivity index (χ1n) is 7.12. The van der Waals surface area contributed by atoms with Crippen molar-refractivity contribution >= 4 is 21.8 Å². The first kappa shape index (κ1) is 15.4. The van der Waals surface area contributed by atoms with Gasteiger partial charge < -0.3 is 9.64 Å². The predicted octanol–water partition coefficient (Wildman–Crippen LogP) is 3.87. The van der Waals surface area contributed by atoms with Gasteiger partial charge in [-0.2, -0.15) is 0 Å². The highest BCUT2D eigenvalue weighted by atomic mass is 79.9. The number of halogens is 1. The molecule has 0 atom stereocenters. The molecule has 1 aliphatic rings. The van der Waals surface area contributed by atoms with Crippen molar-refractivity contribution in [2.75, 3.05) is 19.7 Å². The number of nitrogens with zero attached hydrogens (tertiary/aromatic N) is 1. The smallest absolute Gasteiger partial charge is 0.222 e. The summed E-state index contributed by atoms with van der Waals surface area (Å²) in [6, 6.07) is 7.78. The Morgan fingerprint density at radius 3 is 2.90 bits per heavy atom. The van der Waals surface area contributed by atoms with E-state index >= 15 is 0 Å². The number of hydrogen-bond donors (Lipinski definition) is 0. The Bertz CT molecular complexity index is 473. The van der Waals surface area contributed by atoms with Gasteiger partial charge in [-0.3, -0.25) is 4.79 Å². The van der Waals surface area contributed by atoms with E-state index in [1.165, 1.54) is 0 Å². The van der Waals surface area contributed by atoms with Crippen molar-refractivity contribution in [3.8, 4) is 5.75 Å². The molecule has 0 bridgehead atoms. The number of carbonyl (C=O) groups excluding carboxylic acids is 1. The van der Waals surface area contributed by atoms with Gasteiger partial charge in [0.25, 0.3) is 0 Å². The number of carbonyl (C=O) groups is 1. The standard InChI is InChI=1S/C16H22BrNO2/c1-16(2)7-6-15(19)18(9-8-16)10-11-20-14-5-3-4-13(17)12-14/h3-5,12H,6-11H2,1-2H3. The van der Waals surface area contributed by atoms with Crippen LogP contribution >= 0.6 is 15.9 Å². The van der Waals surface area contributed by atoms with Gasteiger partial charge in [0.1, 0.15) is 12.4 Å². The SMILES string of the molecule is CC1(C)CCC(=O)N(CCOc2cccc(Br)c2)CC1. The van der Waals surface area contributed by atoms with Crippen LogP contribution in [0.4, 0.5) is 0 Å². The highest BCUT2D eigenvalue weighted by molar-refractivity contribution is 9.10. The number of hydrogen-bond acceptors (Lipinski definition) is 2. The highest BCUT2D eigenvalue weighted by Crippen LogP contribution is 2.30. The lowest BCUT2D eigenvalue weighted by Crippen LogP contribution is -2.34. The molecule has 1 aromatic carbocycles. The van der Waals surface area contributed by atoms with E-state index in [9.17, 15) is 4.79 Å². The van der Waals surface area contributed by atoms with Gasteiger partial charge >= 0.3 is 0 Å². The summed E-state index contributed by atoms with van der Waals surface area (Å²) in [5, 5.41) is 0. The van der Waals surface area contributed by atoms with Crippen molar-refractivity contribution in [3.05, 3.63) is 28.7 Å². The molecule has 1 aromatic rings. The van der Waals surface area contributed by atoms with E-state index in [1.54, 1.807) is 0 Å². The molecule has 1 heterocycles. The van der Waals surface area contributed by atoms with E-state index in [1.807, 2.05) is 29.2 Å². The van der Waals surface area contributed by atoms with Gasteiger partial charge in [-0.05, 0) is 36.5 Å². The minimum Gasteiger partial charge on any atom is -0.492 e. The maximum Gasteiger partial charge on any atom is 0.222 e. The number of rotatable bonds is 4. The van der Waals surface area contributed by atoms with Gasteiger partial charge in [-0.15, -0.1) is 0 Å². The molecule has 1 amide bonds. The zero-order valence-corrected chi connectivity index (χ0v) is 13.8. The van der Waals surface area contributed by atoms with Gasteiger partial charge in [-0.25, -0.2) is 0 Å². The molecule has 2 rings (SSSR count). The van der Waals surface area contributed by atoms with E-state index in [0.717, 1.165) is 29.6 Å². The van der Waals surface area contributed by atoms with Gasteiger partial charge in [0.2, 0.25) is 5.91 Å². The van der Waals surface area contributed by atoms with Gasteiger partial charge in [0, 0.05) is 17.4 Å². The molecular weight excluding hydrogens is 318 g/mol. The summed E-state index contributed by atoms with van der Waals surface area (Å²) >= 11 is 3.42. The lowest BCUT2D eigenvalue weighted by atomic mass is 9.85. The van der Waals surface area contributed by atoms with Crippen LogP contribution < -0.4 is 4.74 Å². The maximum absolute atomic E-state index is 12.1. The summed E-state index contributed by atoms with van der Waals surface area (Å²) in [7, 11) is 0. The third kappa shape index (κ3) is 4.51. The highest BCUT2D eigenvalue weighted by Gasteiger charge is 2.27. The van der Waals surface area contributed by atoms with Crippen molar-refractivity contribution in [2.24, 2.45) is 5.41 Å². The van der Waals surface area contributed by atoms with E-state index < -0.39 is 0 Å². The second-order valence-electron chi connectivity index (χ2n) is 6.10. The molecule has 0 aromatic heterocycles. The zero-order valence-electron chi connectivity index (χ0n) is 12.2. The van der Waals surface area contributed by atoms with Crippen LogP contribution in [0, 0.1) is 5.41 Å². The van der Waals surface area contributed by atoms with Crippen LogP contribution in [0.3, 0.4) is 0 Å². The largest absolute Gasteiger partial charge is 0.492 e. The molecule has 20 heavy (non-hydrogen) atoms. The molecule has 0 unspecified atom stereocenters. The quantitative estimate of drug-likeness (QED) is 0.833. The Morgan fingerprint density at radius 2 is 2.15 bits per heavy atom. The lowest BCUT2D eigenvalue weighted by Gasteiger charge is -2.23. The number of benzene rings is 1. The molecule has 1 aliphatic heterocycles. The van der Waals surface area contributed by atoms with Crippen molar-refractivity contribution in [1.29, 1.82) is 0 Å². The van der Waals surface area contributed by atoms with E-state index in [2.05, 4.69) is 29.8 Å². The first-order chi connectivity index (χ1) is 9.46. The normalized spacial score (nSPS) is 18.8. The summed E-state index contributed by atoms with van der Waals surface area (Å²) in [6.07, 6.45) is 2.70. The summed E-state index contributed by atoms with van der Waals surface area (Å²) < 4.78 is 6.71. The van der Waals surface area contributed by atoms with Crippen molar-refractivity contribution in [2.45, 2.75) is 33.1 Å². The average Bonchev–Trinajstić information content (AvgIpc) is 2.51. The maximum atomic E-state index is 12.1. The second-order valence-corrected chi connectivity index (χ2v) is 7.02. The fraction of sp³-hybridized carbons (Fsp3) is 0.562. The number of likely N-dealkylation sites (tertiary alicyclic amines) is 1. The monoisotopic (exact) mass is 339 g/mol. The first-order valence-corrected chi connectivity index (χ1v) is 7.92. The predicted molar refractivity (Wildman–Crippen MR) is 83.8 cm³/mol.